The van der Waals surface area contributed by atoms with E-state index in [1.807, 2.05) is 0 Å². The van der Waals surface area contributed by atoms with E-state index in [1.165, 1.54) is 44.2 Å². The summed E-state index contributed by atoms with van der Waals surface area (Å²) in [6.07, 6.45) is -2.87. The Labute approximate surface area is 139 Å². The molecule has 0 bridgehead atoms. The monoisotopic (exact) mass is 350 g/mol. The van der Waals surface area contributed by atoms with Gasteiger partial charge in [0.15, 0.2) is 0 Å². The molecule has 1 aromatic carbocycles. The van der Waals surface area contributed by atoms with Gasteiger partial charge in [0.1, 0.15) is 5.75 Å². The van der Waals surface area contributed by atoms with Gasteiger partial charge in [-0.1, -0.05) is 51.2 Å². The fourth-order valence-electron chi connectivity index (χ4n) is 3.23. The summed E-state index contributed by atoms with van der Waals surface area (Å²) in [6, 6.07) is 5.45. The Bertz CT molecular complexity index is 501. The Hall–Kier alpha value is -1.33. The maximum Gasteiger partial charge on any atom is 0.499 e. The molecule has 0 atom stereocenters. The number of halogens is 5. The van der Waals surface area contributed by atoms with Crippen LogP contribution in [0.3, 0.4) is 0 Å². The lowest BCUT2D eigenvalue weighted by Crippen LogP contribution is -2.41. The summed E-state index contributed by atoms with van der Waals surface area (Å²) in [5.41, 5.74) is 0.926. The van der Waals surface area contributed by atoms with Gasteiger partial charge in [-0.25, -0.2) is 0 Å². The van der Waals surface area contributed by atoms with Gasteiger partial charge in [0, 0.05) is 0 Å². The zero-order valence-electron chi connectivity index (χ0n) is 13.7. The Morgan fingerprint density at radius 1 is 0.917 bits per heavy atom. The van der Waals surface area contributed by atoms with Gasteiger partial charge >= 0.3 is 12.3 Å². The lowest BCUT2D eigenvalue weighted by Gasteiger charge is -2.27. The first-order chi connectivity index (χ1) is 11.2. The second-order valence-electron chi connectivity index (χ2n) is 6.59. The molecule has 0 aliphatic heterocycles. The molecule has 0 saturated heterocycles. The van der Waals surface area contributed by atoms with Crippen LogP contribution in [-0.4, -0.2) is 12.3 Å². The van der Waals surface area contributed by atoms with Gasteiger partial charge in [-0.3, -0.25) is 0 Å². The first-order valence-electron chi connectivity index (χ1n) is 8.43. The number of hydrogen-bond acceptors (Lipinski definition) is 1. The molecule has 2 rings (SSSR count). The smallest absolute Gasteiger partial charge is 0.426 e. The molecule has 0 spiro atoms. The zero-order valence-corrected chi connectivity index (χ0v) is 13.7. The van der Waals surface area contributed by atoms with E-state index in [0.717, 1.165) is 24.3 Å². The molecule has 0 N–H and O–H groups in total. The van der Waals surface area contributed by atoms with Crippen LogP contribution in [0.5, 0.6) is 5.75 Å². The number of rotatable bonds is 6. The third-order valence-corrected chi connectivity index (χ3v) is 4.88. The maximum absolute atomic E-state index is 12.8. The van der Waals surface area contributed by atoms with Crippen molar-refractivity contribution in [1.82, 2.24) is 0 Å². The van der Waals surface area contributed by atoms with Crippen LogP contribution in [0.15, 0.2) is 24.3 Å². The molecule has 1 saturated carbocycles. The van der Waals surface area contributed by atoms with Crippen molar-refractivity contribution in [1.29, 1.82) is 0 Å². The summed E-state index contributed by atoms with van der Waals surface area (Å²) in [5, 5.41) is 0. The van der Waals surface area contributed by atoms with Gasteiger partial charge in [-0.05, 0) is 42.4 Å². The lowest BCUT2D eigenvalue weighted by atomic mass is 9.78. The fraction of sp³-hybridized carbons (Fsp3) is 0.667. The predicted octanol–water partition coefficient (Wildman–Crippen LogP) is 6.37. The molecule has 0 aromatic heterocycles. The molecule has 1 fully saturated rings. The standard InChI is InChI=1S/C18H23F5O/c1-2-13-3-5-14(6-4-13)7-8-15-9-11-16(12-10-15)24-18(22,23)17(19,20)21/h9-14H,2-8H2,1H3/t13-,14-. The number of alkyl halides is 5. The van der Waals surface area contributed by atoms with Crippen molar-refractivity contribution in [3.05, 3.63) is 29.8 Å². The van der Waals surface area contributed by atoms with Crippen LogP contribution >= 0.6 is 0 Å². The van der Waals surface area contributed by atoms with Crippen molar-refractivity contribution >= 4 is 0 Å². The predicted molar refractivity (Wildman–Crippen MR) is 82.1 cm³/mol. The largest absolute Gasteiger partial charge is 0.499 e. The average molecular weight is 350 g/mol. The molecular formula is C18H23F5O. The van der Waals surface area contributed by atoms with Crippen molar-refractivity contribution in [2.45, 2.75) is 64.2 Å². The molecule has 1 aliphatic rings. The fourth-order valence-corrected chi connectivity index (χ4v) is 3.23. The van der Waals surface area contributed by atoms with E-state index in [2.05, 4.69) is 11.7 Å². The van der Waals surface area contributed by atoms with E-state index in [1.54, 1.807) is 12.1 Å². The molecule has 0 heterocycles. The third kappa shape index (κ3) is 5.08. The van der Waals surface area contributed by atoms with Crippen LogP contribution < -0.4 is 4.74 Å². The van der Waals surface area contributed by atoms with E-state index in [0.29, 0.717) is 5.92 Å². The molecule has 0 unspecified atom stereocenters. The Kier molecular flexibility index (Phi) is 6.10. The highest BCUT2D eigenvalue weighted by molar-refractivity contribution is 5.27. The van der Waals surface area contributed by atoms with Crippen LogP contribution in [0.25, 0.3) is 0 Å². The van der Waals surface area contributed by atoms with Gasteiger partial charge in [0.05, 0.1) is 0 Å². The highest BCUT2D eigenvalue weighted by Crippen LogP contribution is 2.37. The molecule has 1 nitrogen and oxygen atoms in total. The number of ether oxygens (including phenoxy) is 1. The van der Waals surface area contributed by atoms with E-state index in [4.69, 9.17) is 0 Å². The minimum atomic E-state index is -5.72. The van der Waals surface area contributed by atoms with Crippen molar-refractivity contribution in [3.63, 3.8) is 0 Å². The Morgan fingerprint density at radius 3 is 1.96 bits per heavy atom. The SMILES string of the molecule is CC[C@H]1CC[C@H](CCc2ccc(OC(F)(F)C(F)(F)F)cc2)CC1. The lowest BCUT2D eigenvalue weighted by molar-refractivity contribution is -0.360. The van der Waals surface area contributed by atoms with Crippen LogP contribution in [0.4, 0.5) is 22.0 Å². The van der Waals surface area contributed by atoms with Crippen molar-refractivity contribution in [2.24, 2.45) is 11.8 Å². The molecule has 0 amide bonds. The average Bonchev–Trinajstić information content (AvgIpc) is 2.53. The summed E-state index contributed by atoms with van der Waals surface area (Å²) >= 11 is 0. The second kappa shape index (κ2) is 7.70. The molecular weight excluding hydrogens is 327 g/mol. The highest BCUT2D eigenvalue weighted by Gasteiger charge is 2.61. The summed E-state index contributed by atoms with van der Waals surface area (Å²) in [4.78, 5) is 0. The summed E-state index contributed by atoms with van der Waals surface area (Å²) < 4.78 is 65.7. The van der Waals surface area contributed by atoms with Gasteiger partial charge < -0.3 is 4.74 Å². The van der Waals surface area contributed by atoms with Crippen molar-refractivity contribution in [3.8, 4) is 5.75 Å². The summed E-state index contributed by atoms with van der Waals surface area (Å²) in [5.74, 6) is 1.04. The molecule has 0 radical (unpaired) electrons. The number of benzene rings is 1. The van der Waals surface area contributed by atoms with Gasteiger partial charge in [-0.2, -0.15) is 22.0 Å². The molecule has 1 aromatic rings. The second-order valence-corrected chi connectivity index (χ2v) is 6.59. The quantitative estimate of drug-likeness (QED) is 0.542. The molecule has 24 heavy (non-hydrogen) atoms. The minimum Gasteiger partial charge on any atom is -0.426 e. The Morgan fingerprint density at radius 2 is 1.46 bits per heavy atom. The highest BCUT2D eigenvalue weighted by atomic mass is 19.4. The first-order valence-corrected chi connectivity index (χ1v) is 8.43. The van der Waals surface area contributed by atoms with Crippen LogP contribution in [-0.2, 0) is 6.42 Å². The van der Waals surface area contributed by atoms with E-state index in [9.17, 15) is 22.0 Å². The molecule has 1 aliphatic carbocycles. The summed E-state index contributed by atoms with van der Waals surface area (Å²) in [7, 11) is 0. The Balaban J connectivity index is 1.82. The number of hydrogen-bond donors (Lipinski definition) is 0. The summed E-state index contributed by atoms with van der Waals surface area (Å²) in [6.45, 7) is 2.22. The third-order valence-electron chi connectivity index (χ3n) is 4.88. The zero-order chi connectivity index (χ0) is 17.8. The van der Waals surface area contributed by atoms with Gasteiger partial charge in [0.2, 0.25) is 0 Å². The topological polar surface area (TPSA) is 9.23 Å². The van der Waals surface area contributed by atoms with Crippen LogP contribution in [0, 0.1) is 11.8 Å². The van der Waals surface area contributed by atoms with E-state index < -0.39 is 18.0 Å². The van der Waals surface area contributed by atoms with Crippen molar-refractivity contribution in [2.75, 3.05) is 0 Å². The number of aryl methyl sites for hydroxylation is 1. The maximum atomic E-state index is 12.8. The molecule has 136 valence electrons. The van der Waals surface area contributed by atoms with Crippen LogP contribution in [0.1, 0.15) is 51.0 Å². The van der Waals surface area contributed by atoms with Crippen molar-refractivity contribution < 1.29 is 26.7 Å². The molecule has 6 heteroatoms. The van der Waals surface area contributed by atoms with Gasteiger partial charge in [0.25, 0.3) is 0 Å². The minimum absolute atomic E-state index is 0.482. The van der Waals surface area contributed by atoms with E-state index in [-0.39, 0.29) is 0 Å². The normalized spacial score (nSPS) is 22.4. The first kappa shape index (κ1) is 19.0. The van der Waals surface area contributed by atoms with Gasteiger partial charge in [-0.15, -0.1) is 0 Å². The van der Waals surface area contributed by atoms with E-state index >= 15 is 0 Å². The van der Waals surface area contributed by atoms with Crippen LogP contribution in [0.2, 0.25) is 0 Å².